The molecule has 0 atom stereocenters. The zero-order valence-electron chi connectivity index (χ0n) is 12.2. The summed E-state index contributed by atoms with van der Waals surface area (Å²) in [6.45, 7) is 0.465. The average Bonchev–Trinajstić information content (AvgIpc) is 2.52. The Morgan fingerprint density at radius 1 is 1.18 bits per heavy atom. The SMILES string of the molecule is COc1cc(Cl)cc(CNc2ccc(C(=O)O)cc2)c1OC. The van der Waals surface area contributed by atoms with Gasteiger partial charge in [0.1, 0.15) is 0 Å². The molecule has 5 nitrogen and oxygen atoms in total. The number of carbonyl (C=O) groups is 1. The lowest BCUT2D eigenvalue weighted by Crippen LogP contribution is -2.04. The highest BCUT2D eigenvalue weighted by Gasteiger charge is 2.12. The Hall–Kier alpha value is -2.40. The number of hydrogen-bond donors (Lipinski definition) is 2. The summed E-state index contributed by atoms with van der Waals surface area (Å²) in [4.78, 5) is 10.8. The quantitative estimate of drug-likeness (QED) is 0.849. The normalized spacial score (nSPS) is 10.1. The third-order valence-corrected chi connectivity index (χ3v) is 3.35. The van der Waals surface area contributed by atoms with Crippen LogP contribution in [-0.4, -0.2) is 25.3 Å². The van der Waals surface area contributed by atoms with Crippen LogP contribution in [0.1, 0.15) is 15.9 Å². The molecule has 22 heavy (non-hydrogen) atoms. The molecule has 2 rings (SSSR count). The Labute approximate surface area is 133 Å². The second kappa shape index (κ2) is 7.04. The number of nitrogens with one attached hydrogen (secondary N) is 1. The Morgan fingerprint density at radius 3 is 2.41 bits per heavy atom. The molecule has 0 heterocycles. The van der Waals surface area contributed by atoms with Crippen LogP contribution in [0.5, 0.6) is 11.5 Å². The highest BCUT2D eigenvalue weighted by Crippen LogP contribution is 2.34. The highest BCUT2D eigenvalue weighted by molar-refractivity contribution is 6.30. The van der Waals surface area contributed by atoms with Crippen LogP contribution in [0, 0.1) is 0 Å². The molecule has 0 aliphatic carbocycles. The standard InChI is InChI=1S/C16H16ClNO4/c1-21-14-8-12(17)7-11(15(14)22-2)9-18-13-5-3-10(4-6-13)16(19)20/h3-8,18H,9H2,1-2H3,(H,19,20). The van der Waals surface area contributed by atoms with Gasteiger partial charge in [-0.05, 0) is 30.3 Å². The van der Waals surface area contributed by atoms with Crippen molar-refractivity contribution in [2.24, 2.45) is 0 Å². The van der Waals surface area contributed by atoms with Crippen molar-refractivity contribution in [3.63, 3.8) is 0 Å². The topological polar surface area (TPSA) is 67.8 Å². The Morgan fingerprint density at radius 2 is 1.86 bits per heavy atom. The molecule has 0 saturated carbocycles. The summed E-state index contributed by atoms with van der Waals surface area (Å²) in [7, 11) is 3.12. The summed E-state index contributed by atoms with van der Waals surface area (Å²) in [5.41, 5.74) is 1.88. The van der Waals surface area contributed by atoms with E-state index in [2.05, 4.69) is 5.32 Å². The average molecular weight is 322 g/mol. The van der Waals surface area contributed by atoms with Crippen LogP contribution in [0.4, 0.5) is 5.69 Å². The van der Waals surface area contributed by atoms with Gasteiger partial charge in [-0.15, -0.1) is 0 Å². The minimum atomic E-state index is -0.951. The first-order valence-corrected chi connectivity index (χ1v) is 6.90. The van der Waals surface area contributed by atoms with Crippen LogP contribution < -0.4 is 14.8 Å². The molecule has 2 aromatic carbocycles. The number of hydrogen-bond acceptors (Lipinski definition) is 4. The van der Waals surface area contributed by atoms with Crippen molar-refractivity contribution in [1.82, 2.24) is 0 Å². The van der Waals surface area contributed by atoms with Crippen molar-refractivity contribution in [3.05, 3.63) is 52.5 Å². The van der Waals surface area contributed by atoms with E-state index in [1.165, 1.54) is 0 Å². The van der Waals surface area contributed by atoms with E-state index in [1.807, 2.05) is 0 Å². The van der Waals surface area contributed by atoms with E-state index >= 15 is 0 Å². The lowest BCUT2D eigenvalue weighted by Gasteiger charge is -2.14. The predicted molar refractivity (Wildman–Crippen MR) is 85.3 cm³/mol. The van der Waals surface area contributed by atoms with E-state index in [4.69, 9.17) is 26.2 Å². The molecule has 0 fully saturated rings. The van der Waals surface area contributed by atoms with Gasteiger partial charge in [0.25, 0.3) is 0 Å². The zero-order chi connectivity index (χ0) is 16.1. The maximum absolute atomic E-state index is 10.8. The number of rotatable bonds is 6. The smallest absolute Gasteiger partial charge is 0.335 e. The fourth-order valence-electron chi connectivity index (χ4n) is 2.07. The molecule has 0 aliphatic rings. The summed E-state index contributed by atoms with van der Waals surface area (Å²) in [5, 5.41) is 12.6. The van der Waals surface area contributed by atoms with Gasteiger partial charge in [-0.2, -0.15) is 0 Å². The lowest BCUT2D eigenvalue weighted by atomic mass is 10.1. The van der Waals surface area contributed by atoms with Gasteiger partial charge in [0.2, 0.25) is 0 Å². The Kier molecular flexibility index (Phi) is 5.12. The largest absolute Gasteiger partial charge is 0.493 e. The molecule has 0 aromatic heterocycles. The Balaban J connectivity index is 2.17. The van der Waals surface area contributed by atoms with Crippen LogP contribution in [0.15, 0.2) is 36.4 Å². The van der Waals surface area contributed by atoms with Gasteiger partial charge >= 0.3 is 5.97 Å². The molecule has 2 aromatic rings. The first-order chi connectivity index (χ1) is 10.5. The van der Waals surface area contributed by atoms with E-state index in [-0.39, 0.29) is 5.56 Å². The first kappa shape index (κ1) is 16.0. The van der Waals surface area contributed by atoms with Gasteiger partial charge in [0.15, 0.2) is 11.5 Å². The van der Waals surface area contributed by atoms with Crippen molar-refractivity contribution in [3.8, 4) is 11.5 Å². The second-order valence-electron chi connectivity index (χ2n) is 4.54. The molecular formula is C16H16ClNO4. The van der Waals surface area contributed by atoms with E-state index in [0.717, 1.165) is 11.3 Å². The van der Waals surface area contributed by atoms with Crippen molar-refractivity contribution in [1.29, 1.82) is 0 Å². The molecule has 2 N–H and O–H groups in total. The van der Waals surface area contributed by atoms with Gasteiger partial charge < -0.3 is 19.9 Å². The number of anilines is 1. The first-order valence-electron chi connectivity index (χ1n) is 6.52. The Bertz CT molecular complexity index is 671. The molecule has 0 unspecified atom stereocenters. The summed E-state index contributed by atoms with van der Waals surface area (Å²) in [5.74, 6) is 0.224. The van der Waals surface area contributed by atoms with E-state index in [9.17, 15) is 4.79 Å². The van der Waals surface area contributed by atoms with Gasteiger partial charge in [-0.1, -0.05) is 11.6 Å². The number of halogens is 1. The van der Waals surface area contributed by atoms with Gasteiger partial charge in [-0.25, -0.2) is 4.79 Å². The van der Waals surface area contributed by atoms with Crippen molar-refractivity contribution in [2.75, 3.05) is 19.5 Å². The molecule has 0 aliphatic heterocycles. The monoisotopic (exact) mass is 321 g/mol. The van der Waals surface area contributed by atoms with Crippen LogP contribution >= 0.6 is 11.6 Å². The molecule has 6 heteroatoms. The van der Waals surface area contributed by atoms with E-state index < -0.39 is 5.97 Å². The molecular weight excluding hydrogens is 306 g/mol. The second-order valence-corrected chi connectivity index (χ2v) is 4.97. The summed E-state index contributed by atoms with van der Waals surface area (Å²) < 4.78 is 10.6. The maximum atomic E-state index is 10.8. The molecule has 0 spiro atoms. The minimum Gasteiger partial charge on any atom is -0.493 e. The van der Waals surface area contributed by atoms with Crippen LogP contribution in [0.2, 0.25) is 5.02 Å². The summed E-state index contributed by atoms with van der Waals surface area (Å²) in [6, 6.07) is 9.98. The van der Waals surface area contributed by atoms with Gasteiger partial charge in [0, 0.05) is 28.9 Å². The van der Waals surface area contributed by atoms with E-state index in [0.29, 0.717) is 23.1 Å². The number of aromatic carboxylic acids is 1. The molecule has 0 saturated heterocycles. The zero-order valence-corrected chi connectivity index (χ0v) is 13.0. The van der Waals surface area contributed by atoms with Crippen LogP contribution in [0.25, 0.3) is 0 Å². The number of carboxylic acids is 1. The van der Waals surface area contributed by atoms with Gasteiger partial charge in [0.05, 0.1) is 19.8 Å². The van der Waals surface area contributed by atoms with Crippen molar-refractivity contribution < 1.29 is 19.4 Å². The third-order valence-electron chi connectivity index (χ3n) is 3.14. The fourth-order valence-corrected chi connectivity index (χ4v) is 2.30. The summed E-state index contributed by atoms with van der Waals surface area (Å²) in [6.07, 6.45) is 0. The maximum Gasteiger partial charge on any atom is 0.335 e. The number of methoxy groups -OCH3 is 2. The molecule has 0 radical (unpaired) electrons. The van der Waals surface area contributed by atoms with Gasteiger partial charge in [-0.3, -0.25) is 0 Å². The number of carboxylic acid groups (broad SMARTS) is 1. The minimum absolute atomic E-state index is 0.243. The third kappa shape index (κ3) is 3.62. The van der Waals surface area contributed by atoms with E-state index in [1.54, 1.807) is 50.6 Å². The summed E-state index contributed by atoms with van der Waals surface area (Å²) >= 11 is 6.07. The van der Waals surface area contributed by atoms with Crippen molar-refractivity contribution in [2.45, 2.75) is 6.54 Å². The fraction of sp³-hybridized carbons (Fsp3) is 0.188. The van der Waals surface area contributed by atoms with Crippen molar-refractivity contribution >= 4 is 23.3 Å². The number of benzene rings is 2. The van der Waals surface area contributed by atoms with Crippen LogP contribution in [-0.2, 0) is 6.54 Å². The van der Waals surface area contributed by atoms with Crippen LogP contribution in [0.3, 0.4) is 0 Å². The molecule has 0 bridgehead atoms. The molecule has 116 valence electrons. The highest BCUT2D eigenvalue weighted by atomic mass is 35.5. The lowest BCUT2D eigenvalue weighted by molar-refractivity contribution is 0.0697. The predicted octanol–water partition coefficient (Wildman–Crippen LogP) is 3.67. The molecule has 0 amide bonds. The number of ether oxygens (including phenoxy) is 2.